The summed E-state index contributed by atoms with van der Waals surface area (Å²) in [4.78, 5) is 0. The molecule has 0 fully saturated rings. The van der Waals surface area contributed by atoms with Gasteiger partial charge in [-0.05, 0) is 0 Å². The molecule has 20 heavy (non-hydrogen) atoms. The van der Waals surface area contributed by atoms with Gasteiger partial charge in [0.25, 0.3) is 0 Å². The van der Waals surface area contributed by atoms with Gasteiger partial charge in [-0.3, -0.25) is 0 Å². The van der Waals surface area contributed by atoms with Crippen molar-refractivity contribution in [3.63, 3.8) is 0 Å². The van der Waals surface area contributed by atoms with Gasteiger partial charge in [0.1, 0.15) is 0 Å². The predicted molar refractivity (Wildman–Crippen MR) is 87.3 cm³/mol. The molecule has 0 atom stereocenters. The second-order valence-corrected chi connectivity index (χ2v) is 9.13. The number of allylic oxidation sites excluding steroid dienone is 8. The van der Waals surface area contributed by atoms with Crippen molar-refractivity contribution < 1.29 is 23.2 Å². The maximum atomic E-state index is 2.42. The molecule has 0 radical (unpaired) electrons. The fourth-order valence-corrected chi connectivity index (χ4v) is 6.54. The Kier molecular flexibility index (Phi) is 8.70. The zero-order chi connectivity index (χ0) is 13.5. The number of unbranched alkanes of at least 4 members (excludes halogenated alkanes) is 2. The van der Waals surface area contributed by atoms with Gasteiger partial charge >= 0.3 is 130 Å². The summed E-state index contributed by atoms with van der Waals surface area (Å²) in [5.41, 5.74) is 3.42. The van der Waals surface area contributed by atoms with Crippen LogP contribution in [0.1, 0.15) is 72.6 Å². The Balaban J connectivity index is 0.00000200. The molecular weight excluding hydrogens is 319 g/mol. The first kappa shape index (κ1) is 17.9. The number of hydrogen-bond donors (Lipinski definition) is 0. The van der Waals surface area contributed by atoms with Crippen molar-refractivity contribution in [1.82, 2.24) is 0 Å². The second kappa shape index (κ2) is 9.72. The van der Waals surface area contributed by atoms with Crippen LogP contribution in [0.5, 0.6) is 0 Å². The van der Waals surface area contributed by atoms with Gasteiger partial charge in [0.05, 0.1) is 0 Å². The van der Waals surface area contributed by atoms with Gasteiger partial charge in [-0.25, -0.2) is 0 Å². The Bertz CT molecular complexity index is 381. The van der Waals surface area contributed by atoms with E-state index in [4.69, 9.17) is 0 Å². The van der Waals surface area contributed by atoms with Gasteiger partial charge in [-0.15, -0.1) is 0 Å². The molecule has 2 aliphatic carbocycles. The Morgan fingerprint density at radius 1 is 0.850 bits per heavy atom. The summed E-state index contributed by atoms with van der Waals surface area (Å²) >= 11 is -0.463. The zero-order valence-corrected chi connectivity index (χ0v) is 14.9. The third-order valence-electron chi connectivity index (χ3n) is 3.96. The van der Waals surface area contributed by atoms with Crippen LogP contribution in [0, 0.1) is 0 Å². The van der Waals surface area contributed by atoms with Crippen molar-refractivity contribution in [2.24, 2.45) is 0 Å². The van der Waals surface area contributed by atoms with E-state index < -0.39 is 23.2 Å². The van der Waals surface area contributed by atoms with Gasteiger partial charge in [0.2, 0.25) is 0 Å². The van der Waals surface area contributed by atoms with Crippen molar-refractivity contribution in [2.45, 2.75) is 72.6 Å². The van der Waals surface area contributed by atoms with E-state index in [9.17, 15) is 0 Å². The summed E-state index contributed by atoms with van der Waals surface area (Å²) in [6.45, 7) is 4.59. The van der Waals surface area contributed by atoms with Crippen LogP contribution in [0.15, 0.2) is 42.0 Å². The van der Waals surface area contributed by atoms with Crippen LogP contribution in [0.25, 0.3) is 0 Å². The van der Waals surface area contributed by atoms with Crippen LogP contribution < -0.4 is 0 Å². The van der Waals surface area contributed by atoms with Crippen LogP contribution in [-0.4, -0.2) is 0 Å². The maximum absolute atomic E-state index is 2.42. The number of rotatable bonds is 8. The van der Waals surface area contributed by atoms with Crippen molar-refractivity contribution in [2.75, 3.05) is 0 Å². The van der Waals surface area contributed by atoms with Crippen LogP contribution in [-0.2, 0) is 23.2 Å². The minimum absolute atomic E-state index is 0. The van der Waals surface area contributed by atoms with Gasteiger partial charge < -0.3 is 0 Å². The summed E-state index contributed by atoms with van der Waals surface area (Å²) in [6.07, 6.45) is 20.2. The van der Waals surface area contributed by atoms with Crippen molar-refractivity contribution in [3.05, 3.63) is 42.0 Å². The first-order chi connectivity index (χ1) is 9.35. The molecule has 1 heteroatoms. The standard InChI is InChI=1S/2C9H13.CH4.Zr/c2*1-2-3-6-9-7-4-5-8-9;;/h2*4,7H,2-3,5-6H2,1H3;1H4;. The van der Waals surface area contributed by atoms with Crippen LogP contribution in [0.3, 0.4) is 0 Å². The van der Waals surface area contributed by atoms with Crippen molar-refractivity contribution >= 4 is 0 Å². The van der Waals surface area contributed by atoms with Gasteiger partial charge in [0.15, 0.2) is 0 Å². The van der Waals surface area contributed by atoms with Gasteiger partial charge in [-0.2, -0.15) is 0 Å². The summed E-state index contributed by atoms with van der Waals surface area (Å²) in [5, 5.41) is 0. The van der Waals surface area contributed by atoms with Crippen molar-refractivity contribution in [3.8, 4) is 0 Å². The first-order valence-corrected chi connectivity index (χ1v) is 10.3. The molecule has 0 N–H and O–H groups in total. The van der Waals surface area contributed by atoms with Crippen molar-refractivity contribution in [1.29, 1.82) is 0 Å². The van der Waals surface area contributed by atoms with E-state index in [-0.39, 0.29) is 7.43 Å². The van der Waals surface area contributed by atoms with Crippen LogP contribution in [0.4, 0.5) is 0 Å². The SMILES string of the molecule is C.CCCCC1=[C]([Zr][C]2=C(CCCC)C=CC2)CC=C1. The van der Waals surface area contributed by atoms with Crippen LogP contribution >= 0.6 is 0 Å². The molecule has 0 spiro atoms. The van der Waals surface area contributed by atoms with E-state index in [0.29, 0.717) is 0 Å². The molecule has 0 unspecified atom stereocenters. The Morgan fingerprint density at radius 2 is 1.30 bits per heavy atom. The van der Waals surface area contributed by atoms with E-state index >= 15 is 0 Å². The van der Waals surface area contributed by atoms with E-state index in [0.717, 1.165) is 0 Å². The fraction of sp³-hybridized carbons (Fsp3) is 0.579. The van der Waals surface area contributed by atoms with Gasteiger partial charge in [-0.1, -0.05) is 7.43 Å². The molecule has 0 aliphatic heterocycles. The van der Waals surface area contributed by atoms with Gasteiger partial charge in [0, 0.05) is 0 Å². The summed E-state index contributed by atoms with van der Waals surface area (Å²) in [5.74, 6) is 0. The van der Waals surface area contributed by atoms with Crippen LogP contribution in [0.2, 0.25) is 0 Å². The monoisotopic (exact) mass is 348 g/mol. The fourth-order valence-electron chi connectivity index (χ4n) is 2.75. The normalized spacial score (nSPS) is 17.1. The molecule has 2 rings (SSSR count). The molecule has 0 nitrogen and oxygen atoms in total. The predicted octanol–water partition coefficient (Wildman–Crippen LogP) is 6.51. The molecule has 2 aliphatic rings. The Labute approximate surface area is 137 Å². The molecule has 0 aromatic carbocycles. The van der Waals surface area contributed by atoms with E-state index in [2.05, 4.69) is 38.2 Å². The van der Waals surface area contributed by atoms with E-state index in [1.807, 2.05) is 6.56 Å². The minimum atomic E-state index is -0.463. The summed E-state index contributed by atoms with van der Waals surface area (Å²) in [7, 11) is 0. The zero-order valence-electron chi connectivity index (χ0n) is 12.5. The molecule has 0 heterocycles. The molecule has 110 valence electrons. The first-order valence-electron chi connectivity index (χ1n) is 7.89. The molecule has 0 bridgehead atoms. The average molecular weight is 350 g/mol. The number of hydrogen-bond acceptors (Lipinski definition) is 0. The third kappa shape index (κ3) is 4.99. The van der Waals surface area contributed by atoms with E-state index in [1.54, 1.807) is 11.1 Å². The molecular formula is C19H30Zr. The topological polar surface area (TPSA) is 0 Å². The second-order valence-electron chi connectivity index (χ2n) is 5.55. The van der Waals surface area contributed by atoms with E-state index in [1.165, 1.54) is 51.4 Å². The Morgan fingerprint density at radius 3 is 1.70 bits per heavy atom. The molecule has 0 amide bonds. The summed E-state index contributed by atoms with van der Waals surface area (Å²) < 4.78 is 3.73. The molecule has 0 saturated heterocycles. The average Bonchev–Trinajstić information content (AvgIpc) is 3.04. The summed E-state index contributed by atoms with van der Waals surface area (Å²) in [6, 6.07) is 0. The Hall–Kier alpha value is -0.157. The molecule has 0 aromatic rings. The molecule has 0 saturated carbocycles. The molecule has 0 aromatic heterocycles. The third-order valence-corrected chi connectivity index (χ3v) is 8.02. The quantitative estimate of drug-likeness (QED) is 0.468.